The van der Waals surface area contributed by atoms with E-state index in [1.807, 2.05) is 28.0 Å². The maximum atomic E-state index is 13.1. The summed E-state index contributed by atoms with van der Waals surface area (Å²) >= 11 is 3.32. The van der Waals surface area contributed by atoms with Crippen LogP contribution in [-0.4, -0.2) is 10.9 Å². The van der Waals surface area contributed by atoms with Gasteiger partial charge in [-0.25, -0.2) is 15.2 Å². The van der Waals surface area contributed by atoms with Crippen LogP contribution >= 0.6 is 33.9 Å². The zero-order chi connectivity index (χ0) is 12.4. The van der Waals surface area contributed by atoms with Gasteiger partial charge in [0.25, 0.3) is 5.91 Å². The van der Waals surface area contributed by atoms with Crippen LogP contribution in [0.4, 0.5) is 4.39 Å². The number of nitrogens with zero attached hydrogens (tertiary/aromatic N) is 1. The zero-order valence-electron chi connectivity index (χ0n) is 8.41. The Hall–Kier alpha value is -1.06. The number of thiazole rings is 1. The molecule has 0 fully saturated rings. The molecule has 17 heavy (non-hydrogen) atoms. The number of hydrazine groups is 1. The van der Waals surface area contributed by atoms with Gasteiger partial charge in [0.15, 0.2) is 3.01 Å². The van der Waals surface area contributed by atoms with E-state index >= 15 is 0 Å². The fourth-order valence-electron chi connectivity index (χ4n) is 1.34. The minimum atomic E-state index is -0.483. The summed E-state index contributed by atoms with van der Waals surface area (Å²) in [4.78, 5) is 16.2. The van der Waals surface area contributed by atoms with Crippen LogP contribution in [0.2, 0.25) is 0 Å². The van der Waals surface area contributed by atoms with Gasteiger partial charge in [-0.2, -0.15) is 0 Å². The molecule has 1 aromatic carbocycles. The van der Waals surface area contributed by atoms with Crippen molar-refractivity contribution in [1.82, 2.24) is 10.4 Å². The van der Waals surface area contributed by atoms with E-state index in [1.165, 1.54) is 23.5 Å². The Balaban J connectivity index is 2.55. The molecule has 0 saturated carbocycles. The molecule has 0 saturated heterocycles. The summed E-state index contributed by atoms with van der Waals surface area (Å²) in [6.45, 7) is 0. The fourth-order valence-corrected chi connectivity index (χ4v) is 3.03. The van der Waals surface area contributed by atoms with Crippen molar-refractivity contribution in [3.05, 3.63) is 38.8 Å². The Morgan fingerprint density at radius 2 is 2.29 bits per heavy atom. The average Bonchev–Trinajstić information content (AvgIpc) is 2.70. The highest BCUT2D eigenvalue weighted by molar-refractivity contribution is 14.1. The number of nitrogen functional groups attached to an aromatic ring is 1. The number of benzene rings is 1. The number of rotatable bonds is 2. The Labute approximate surface area is 114 Å². The number of nitrogens with two attached hydrogens (primary N) is 1. The molecule has 1 aromatic heterocycles. The largest absolute Gasteiger partial charge is 0.289 e. The Bertz CT molecular complexity index is 572. The molecule has 2 aromatic rings. The molecule has 0 aliphatic carbocycles. The van der Waals surface area contributed by atoms with Crippen molar-refractivity contribution >= 4 is 39.8 Å². The second-order valence-electron chi connectivity index (χ2n) is 3.13. The first-order chi connectivity index (χ1) is 8.11. The van der Waals surface area contributed by atoms with E-state index in [-0.39, 0.29) is 11.5 Å². The van der Waals surface area contributed by atoms with E-state index in [0.717, 1.165) is 0 Å². The SMILES string of the molecule is NNC(=O)c1nc(I)sc1-c1cccc(F)c1. The third kappa shape index (κ3) is 2.61. The molecular formula is C10H7FIN3OS. The number of halogens is 2. The molecule has 0 unspecified atom stereocenters. The molecule has 1 heterocycles. The van der Waals surface area contributed by atoms with Gasteiger partial charge < -0.3 is 0 Å². The molecule has 1 amide bonds. The predicted octanol–water partition coefficient (Wildman–Crippen LogP) is 2.16. The van der Waals surface area contributed by atoms with Crippen LogP contribution in [0, 0.1) is 8.83 Å². The molecule has 0 aliphatic heterocycles. The second kappa shape index (κ2) is 5.07. The van der Waals surface area contributed by atoms with Crippen LogP contribution < -0.4 is 11.3 Å². The van der Waals surface area contributed by atoms with Crippen molar-refractivity contribution in [2.45, 2.75) is 0 Å². The summed E-state index contributed by atoms with van der Waals surface area (Å²) in [5.74, 6) is 4.24. The lowest BCUT2D eigenvalue weighted by molar-refractivity contribution is 0.0950. The number of carbonyl (C=O) groups excluding carboxylic acids is 1. The summed E-state index contributed by atoms with van der Waals surface area (Å²) in [5, 5.41) is 0. The molecule has 88 valence electrons. The van der Waals surface area contributed by atoms with Gasteiger partial charge >= 0.3 is 0 Å². The van der Waals surface area contributed by atoms with Gasteiger partial charge in [-0.05, 0) is 40.3 Å². The van der Waals surface area contributed by atoms with Crippen molar-refractivity contribution in [2.24, 2.45) is 5.84 Å². The van der Waals surface area contributed by atoms with Crippen molar-refractivity contribution in [2.75, 3.05) is 0 Å². The predicted molar refractivity (Wildman–Crippen MR) is 71.9 cm³/mol. The molecular weight excluding hydrogens is 356 g/mol. The molecule has 0 atom stereocenters. The minimum Gasteiger partial charge on any atom is -0.289 e. The van der Waals surface area contributed by atoms with E-state index < -0.39 is 5.91 Å². The van der Waals surface area contributed by atoms with Crippen LogP contribution in [0.1, 0.15) is 10.5 Å². The third-order valence-electron chi connectivity index (χ3n) is 2.03. The average molecular weight is 363 g/mol. The van der Waals surface area contributed by atoms with Gasteiger partial charge in [0.05, 0.1) is 4.88 Å². The van der Waals surface area contributed by atoms with Gasteiger partial charge in [-0.3, -0.25) is 10.2 Å². The smallest absolute Gasteiger partial charge is 0.285 e. The molecule has 4 nitrogen and oxygen atoms in total. The van der Waals surface area contributed by atoms with E-state index in [0.29, 0.717) is 13.5 Å². The monoisotopic (exact) mass is 363 g/mol. The van der Waals surface area contributed by atoms with Crippen molar-refractivity contribution < 1.29 is 9.18 Å². The second-order valence-corrected chi connectivity index (χ2v) is 5.88. The lowest BCUT2D eigenvalue weighted by Gasteiger charge is -2.01. The number of aromatic nitrogens is 1. The van der Waals surface area contributed by atoms with E-state index in [4.69, 9.17) is 5.84 Å². The Morgan fingerprint density at radius 3 is 2.94 bits per heavy atom. The Kier molecular flexibility index (Phi) is 3.69. The van der Waals surface area contributed by atoms with Gasteiger partial charge in [0, 0.05) is 0 Å². The van der Waals surface area contributed by atoms with E-state index in [2.05, 4.69) is 4.98 Å². The number of nitrogens with one attached hydrogen (secondary N) is 1. The number of carbonyl (C=O) groups is 1. The molecule has 0 spiro atoms. The van der Waals surface area contributed by atoms with Crippen LogP contribution in [-0.2, 0) is 0 Å². The van der Waals surface area contributed by atoms with Crippen LogP contribution in [0.25, 0.3) is 10.4 Å². The highest BCUT2D eigenvalue weighted by Gasteiger charge is 2.18. The standard InChI is InChI=1S/C10H7FIN3OS/c11-6-3-1-2-5(4-6)8-7(9(16)15-13)14-10(12)17-8/h1-4H,13H2,(H,15,16). The summed E-state index contributed by atoms with van der Waals surface area (Å²) in [6.07, 6.45) is 0. The van der Waals surface area contributed by atoms with Crippen LogP contribution in [0.5, 0.6) is 0 Å². The first kappa shape index (κ1) is 12.4. The van der Waals surface area contributed by atoms with Gasteiger partial charge in [0.2, 0.25) is 0 Å². The van der Waals surface area contributed by atoms with E-state index in [1.54, 1.807) is 12.1 Å². The molecule has 0 aliphatic rings. The number of amides is 1. The van der Waals surface area contributed by atoms with Gasteiger partial charge in [-0.1, -0.05) is 12.1 Å². The number of hydrogen-bond donors (Lipinski definition) is 2. The first-order valence-electron chi connectivity index (χ1n) is 4.55. The molecule has 0 bridgehead atoms. The maximum absolute atomic E-state index is 13.1. The van der Waals surface area contributed by atoms with Crippen LogP contribution in [0.15, 0.2) is 24.3 Å². The lowest BCUT2D eigenvalue weighted by atomic mass is 10.1. The molecule has 2 rings (SSSR count). The normalized spacial score (nSPS) is 10.3. The molecule has 7 heteroatoms. The van der Waals surface area contributed by atoms with E-state index in [9.17, 15) is 9.18 Å². The summed E-state index contributed by atoms with van der Waals surface area (Å²) < 4.78 is 13.8. The van der Waals surface area contributed by atoms with Crippen molar-refractivity contribution in [3.8, 4) is 10.4 Å². The highest BCUT2D eigenvalue weighted by atomic mass is 127. The first-order valence-corrected chi connectivity index (χ1v) is 6.44. The molecule has 0 radical (unpaired) electrons. The van der Waals surface area contributed by atoms with Crippen molar-refractivity contribution in [1.29, 1.82) is 0 Å². The zero-order valence-corrected chi connectivity index (χ0v) is 11.4. The van der Waals surface area contributed by atoms with Crippen molar-refractivity contribution in [3.63, 3.8) is 0 Å². The molecule has 3 N–H and O–H groups in total. The summed E-state index contributed by atoms with van der Waals surface area (Å²) in [6, 6.07) is 6.01. The minimum absolute atomic E-state index is 0.215. The quantitative estimate of drug-likeness (QED) is 0.372. The maximum Gasteiger partial charge on any atom is 0.285 e. The van der Waals surface area contributed by atoms with Gasteiger partial charge in [0.1, 0.15) is 11.5 Å². The van der Waals surface area contributed by atoms with Crippen LogP contribution in [0.3, 0.4) is 0 Å². The Morgan fingerprint density at radius 1 is 1.53 bits per heavy atom. The fraction of sp³-hybridized carbons (Fsp3) is 0. The summed E-state index contributed by atoms with van der Waals surface area (Å²) in [5.41, 5.74) is 2.86. The highest BCUT2D eigenvalue weighted by Crippen LogP contribution is 2.31. The lowest BCUT2D eigenvalue weighted by Crippen LogP contribution is -2.30. The topological polar surface area (TPSA) is 68.0 Å². The number of hydrogen-bond acceptors (Lipinski definition) is 4. The third-order valence-corrected chi connectivity index (χ3v) is 3.83. The summed E-state index contributed by atoms with van der Waals surface area (Å²) in [7, 11) is 0. The van der Waals surface area contributed by atoms with Gasteiger partial charge in [-0.15, -0.1) is 11.3 Å².